The number of anilines is 1. The number of rotatable bonds is 4. The summed E-state index contributed by atoms with van der Waals surface area (Å²) in [5.74, 6) is -0.547. The number of carbonyl (C=O) groups excluding carboxylic acids is 1. The first-order valence-electron chi connectivity index (χ1n) is 4.43. The molecule has 0 atom stereocenters. The average molecular weight is 224 g/mol. The highest BCUT2D eigenvalue weighted by Gasteiger charge is 2.05. The molecule has 1 rings (SSSR count). The highest BCUT2D eigenvalue weighted by atomic mass is 19.1. The second kappa shape index (κ2) is 6.26. The van der Waals surface area contributed by atoms with Gasteiger partial charge >= 0.3 is 6.09 Å². The molecule has 0 aromatic heterocycles. The van der Waals surface area contributed by atoms with Crippen molar-refractivity contribution in [3.63, 3.8) is 0 Å². The Morgan fingerprint density at radius 2 is 2.31 bits per heavy atom. The molecule has 0 saturated heterocycles. The molecule has 1 aromatic carbocycles. The predicted octanol–water partition coefficient (Wildman–Crippen LogP) is 2.68. The van der Waals surface area contributed by atoms with E-state index in [1.807, 2.05) is 0 Å². The largest absolute Gasteiger partial charge is 0.449 e. The second-order valence-electron chi connectivity index (χ2n) is 2.70. The molecule has 0 aliphatic heterocycles. The predicted molar refractivity (Wildman–Crippen MR) is 55.4 cm³/mol. The molecule has 0 unspecified atom stereocenters. The highest BCUT2D eigenvalue weighted by molar-refractivity contribution is 5.84. The second-order valence-corrected chi connectivity index (χ2v) is 2.70. The van der Waals surface area contributed by atoms with E-state index in [1.54, 1.807) is 6.07 Å². The number of carbonyl (C=O) groups is 1. The molecule has 0 spiro atoms. The van der Waals surface area contributed by atoms with E-state index in [0.717, 1.165) is 0 Å². The number of para-hydroxylation sites is 1. The molecule has 0 heterocycles. The lowest BCUT2D eigenvalue weighted by Crippen LogP contribution is -2.16. The molecule has 1 N–H and O–H groups in total. The maximum Gasteiger partial charge on any atom is 0.411 e. The van der Waals surface area contributed by atoms with E-state index in [-0.39, 0.29) is 18.8 Å². The van der Waals surface area contributed by atoms with Gasteiger partial charge in [-0.2, -0.15) is 0 Å². The summed E-state index contributed by atoms with van der Waals surface area (Å²) < 4.78 is 17.7. The fourth-order valence-corrected chi connectivity index (χ4v) is 0.933. The molecule has 84 valence electrons. The minimum absolute atomic E-state index is 0.0382. The van der Waals surface area contributed by atoms with Gasteiger partial charge in [-0.25, -0.2) is 9.18 Å². The van der Waals surface area contributed by atoms with Gasteiger partial charge in [0.1, 0.15) is 5.82 Å². The molecule has 1 aromatic rings. The third kappa shape index (κ3) is 3.85. The van der Waals surface area contributed by atoms with Crippen LogP contribution < -0.4 is 5.32 Å². The molecule has 16 heavy (non-hydrogen) atoms. The topological polar surface area (TPSA) is 87.1 Å². The van der Waals surface area contributed by atoms with Crippen molar-refractivity contribution in [2.75, 3.05) is 18.5 Å². The van der Waals surface area contributed by atoms with Crippen LogP contribution in [0.15, 0.2) is 29.4 Å². The summed E-state index contributed by atoms with van der Waals surface area (Å²) in [4.78, 5) is 13.6. The monoisotopic (exact) mass is 224 g/mol. The molecule has 0 bridgehead atoms. The molecule has 6 nitrogen and oxygen atoms in total. The van der Waals surface area contributed by atoms with Crippen molar-refractivity contribution in [2.24, 2.45) is 5.11 Å². The van der Waals surface area contributed by atoms with E-state index in [0.29, 0.717) is 0 Å². The summed E-state index contributed by atoms with van der Waals surface area (Å²) >= 11 is 0. The lowest BCUT2D eigenvalue weighted by Gasteiger charge is -2.06. The van der Waals surface area contributed by atoms with Crippen molar-refractivity contribution >= 4 is 11.8 Å². The molecule has 0 fully saturated rings. The van der Waals surface area contributed by atoms with E-state index >= 15 is 0 Å². The van der Waals surface area contributed by atoms with Crippen LogP contribution in [0.1, 0.15) is 0 Å². The van der Waals surface area contributed by atoms with Crippen LogP contribution in [0.2, 0.25) is 0 Å². The first kappa shape index (κ1) is 11.8. The minimum Gasteiger partial charge on any atom is -0.449 e. The Kier molecular flexibility index (Phi) is 4.62. The van der Waals surface area contributed by atoms with Crippen molar-refractivity contribution in [3.8, 4) is 0 Å². The molecular weight excluding hydrogens is 215 g/mol. The number of azide groups is 1. The number of nitrogens with zero attached hydrogens (tertiary/aromatic N) is 3. The normalized spacial score (nSPS) is 9.06. The van der Waals surface area contributed by atoms with E-state index < -0.39 is 11.9 Å². The Morgan fingerprint density at radius 3 is 3.00 bits per heavy atom. The maximum absolute atomic E-state index is 13.1. The van der Waals surface area contributed by atoms with Gasteiger partial charge in [0.15, 0.2) is 0 Å². The van der Waals surface area contributed by atoms with Crippen LogP contribution in [0.3, 0.4) is 0 Å². The molecule has 0 aliphatic rings. The smallest absolute Gasteiger partial charge is 0.411 e. The van der Waals surface area contributed by atoms with Gasteiger partial charge in [0.25, 0.3) is 0 Å². The van der Waals surface area contributed by atoms with Crippen LogP contribution >= 0.6 is 0 Å². The summed E-state index contributed by atoms with van der Waals surface area (Å²) in [6.07, 6.45) is -0.793. The highest BCUT2D eigenvalue weighted by Crippen LogP contribution is 2.12. The van der Waals surface area contributed by atoms with Gasteiger partial charge in [0.2, 0.25) is 0 Å². The van der Waals surface area contributed by atoms with Gasteiger partial charge in [0.05, 0.1) is 18.8 Å². The van der Waals surface area contributed by atoms with Gasteiger partial charge in [-0.3, -0.25) is 5.32 Å². The van der Waals surface area contributed by atoms with Crippen LogP contribution in [0.5, 0.6) is 0 Å². The summed E-state index contributed by atoms with van der Waals surface area (Å²) in [5.41, 5.74) is 7.99. The molecule has 0 aliphatic carbocycles. The van der Waals surface area contributed by atoms with Crippen LogP contribution in [0.4, 0.5) is 14.9 Å². The summed E-state index contributed by atoms with van der Waals surface area (Å²) in [5, 5.41) is 5.39. The Bertz CT molecular complexity index is 418. The van der Waals surface area contributed by atoms with E-state index in [2.05, 4.69) is 20.1 Å². The maximum atomic E-state index is 13.1. The quantitative estimate of drug-likeness (QED) is 0.369. The Balaban J connectivity index is 2.40. The third-order valence-electron chi connectivity index (χ3n) is 1.60. The number of halogens is 1. The summed E-state index contributed by atoms with van der Waals surface area (Å²) in [6, 6.07) is 5.71. The van der Waals surface area contributed by atoms with Gasteiger partial charge in [-0.05, 0) is 17.7 Å². The van der Waals surface area contributed by atoms with Crippen molar-refractivity contribution < 1.29 is 13.9 Å². The number of amides is 1. The van der Waals surface area contributed by atoms with E-state index in [1.165, 1.54) is 18.2 Å². The lowest BCUT2D eigenvalue weighted by molar-refractivity contribution is 0.165. The number of hydrogen-bond donors (Lipinski definition) is 1. The number of nitrogens with one attached hydrogen (secondary N) is 1. The number of hydrogen-bond acceptors (Lipinski definition) is 3. The summed E-state index contributed by atoms with van der Waals surface area (Å²) in [7, 11) is 0. The molecule has 1 amide bonds. The summed E-state index contributed by atoms with van der Waals surface area (Å²) in [6.45, 7) is -0.00840. The first-order chi connectivity index (χ1) is 7.74. The molecule has 7 heteroatoms. The third-order valence-corrected chi connectivity index (χ3v) is 1.60. The zero-order valence-electron chi connectivity index (χ0n) is 8.26. The first-order valence-corrected chi connectivity index (χ1v) is 4.43. The van der Waals surface area contributed by atoms with Crippen LogP contribution in [-0.2, 0) is 4.74 Å². The lowest BCUT2D eigenvalue weighted by atomic mass is 10.3. The van der Waals surface area contributed by atoms with Crippen molar-refractivity contribution in [3.05, 3.63) is 40.5 Å². The minimum atomic E-state index is -0.793. The van der Waals surface area contributed by atoms with Gasteiger partial charge in [-0.15, -0.1) is 0 Å². The SMILES string of the molecule is [N-]=[N+]=NCCOC(=O)Nc1ccccc1F. The molecular formula is C9H9FN4O2. The number of benzene rings is 1. The van der Waals surface area contributed by atoms with Gasteiger partial charge < -0.3 is 4.74 Å². The van der Waals surface area contributed by atoms with Crippen LogP contribution in [0.25, 0.3) is 10.4 Å². The fraction of sp³-hybridized carbons (Fsp3) is 0.222. The Morgan fingerprint density at radius 1 is 1.56 bits per heavy atom. The number of ether oxygens (including phenoxy) is 1. The Hall–Kier alpha value is -2.27. The zero-order valence-corrected chi connectivity index (χ0v) is 8.26. The van der Waals surface area contributed by atoms with Gasteiger partial charge in [0, 0.05) is 4.91 Å². The zero-order chi connectivity index (χ0) is 11.8. The van der Waals surface area contributed by atoms with Crippen LogP contribution in [0, 0.1) is 5.82 Å². The van der Waals surface area contributed by atoms with Crippen LogP contribution in [-0.4, -0.2) is 19.2 Å². The Labute approximate surface area is 90.7 Å². The van der Waals surface area contributed by atoms with E-state index in [9.17, 15) is 9.18 Å². The fourth-order valence-electron chi connectivity index (χ4n) is 0.933. The average Bonchev–Trinajstić information content (AvgIpc) is 2.28. The van der Waals surface area contributed by atoms with E-state index in [4.69, 9.17) is 5.53 Å². The molecule has 0 radical (unpaired) electrons. The van der Waals surface area contributed by atoms with Crippen molar-refractivity contribution in [1.29, 1.82) is 0 Å². The standard InChI is InChI=1S/C9H9FN4O2/c10-7-3-1-2-4-8(7)13-9(15)16-6-5-12-14-11/h1-4H,5-6H2,(H,13,15). The van der Waals surface area contributed by atoms with Crippen molar-refractivity contribution in [1.82, 2.24) is 0 Å². The molecule has 0 saturated carbocycles. The van der Waals surface area contributed by atoms with Gasteiger partial charge in [-0.1, -0.05) is 17.2 Å². The van der Waals surface area contributed by atoms with Crippen molar-refractivity contribution in [2.45, 2.75) is 0 Å².